The van der Waals surface area contributed by atoms with Gasteiger partial charge in [-0.1, -0.05) is 96.6 Å². The zero-order chi connectivity index (χ0) is 35.2. The summed E-state index contributed by atoms with van der Waals surface area (Å²) in [5.41, 5.74) is 8.06. The normalized spacial score (nSPS) is 20.4. The number of urea groups is 1. The molecule has 0 bridgehead atoms. The van der Waals surface area contributed by atoms with Crippen LogP contribution in [0.5, 0.6) is 0 Å². The molecule has 2 aliphatic heterocycles. The van der Waals surface area contributed by atoms with Crippen molar-refractivity contribution in [2.45, 2.75) is 51.9 Å². The number of halogens is 2. The third-order valence-corrected chi connectivity index (χ3v) is 8.99. The number of nitriles is 1. The maximum atomic E-state index is 14.0. The van der Waals surface area contributed by atoms with Crippen LogP contribution in [0, 0.1) is 16.7 Å². The fourth-order valence-corrected chi connectivity index (χ4v) is 6.32. The van der Waals surface area contributed by atoms with Gasteiger partial charge in [-0.2, -0.15) is 5.26 Å². The summed E-state index contributed by atoms with van der Waals surface area (Å²) in [5, 5.41) is 11.0. The minimum absolute atomic E-state index is 0.0244. The molecule has 0 aliphatic carbocycles. The largest absolute Gasteiger partial charge is 0.402 e. The summed E-state index contributed by atoms with van der Waals surface area (Å²) in [7, 11) is 0. The fourth-order valence-electron chi connectivity index (χ4n) is 6.13. The molecule has 1 atom stereocenters. The van der Waals surface area contributed by atoms with Gasteiger partial charge < -0.3 is 20.4 Å². The van der Waals surface area contributed by atoms with Crippen molar-refractivity contribution in [3.8, 4) is 6.07 Å². The van der Waals surface area contributed by atoms with E-state index >= 15 is 0 Å². The lowest BCUT2D eigenvalue weighted by Gasteiger charge is -2.48. The SMILES string of the molecule is C=C.C=C(N)CC1(CC(=O)N2CCC(C#N)(c3ccccc3)CC2)CN(C/C=C\C(C)=C/C)C(=O)N(C/C(=C/C=C(\C)Cl)C(=C)Cl)C1. The van der Waals surface area contributed by atoms with Crippen LogP contribution < -0.4 is 5.73 Å². The lowest BCUT2D eigenvalue weighted by Crippen LogP contribution is -2.60. The van der Waals surface area contributed by atoms with E-state index < -0.39 is 10.8 Å². The van der Waals surface area contributed by atoms with Crippen molar-refractivity contribution in [3.05, 3.63) is 119 Å². The van der Waals surface area contributed by atoms with E-state index in [-0.39, 0.29) is 31.4 Å². The molecule has 1 aromatic carbocycles. The number of benzene rings is 1. The summed E-state index contributed by atoms with van der Waals surface area (Å²) >= 11 is 12.4. The first-order valence-corrected chi connectivity index (χ1v) is 16.5. The fraction of sp³-hybridized carbons (Fsp3) is 0.395. The molecule has 2 N–H and O–H groups in total. The van der Waals surface area contributed by atoms with Crippen LogP contribution in [0.25, 0.3) is 0 Å². The maximum Gasteiger partial charge on any atom is 0.320 e. The van der Waals surface area contributed by atoms with Gasteiger partial charge in [-0.25, -0.2) is 4.79 Å². The first-order valence-electron chi connectivity index (χ1n) is 15.7. The van der Waals surface area contributed by atoms with E-state index in [1.165, 1.54) is 0 Å². The summed E-state index contributed by atoms with van der Waals surface area (Å²) in [4.78, 5) is 33.2. The number of piperidine rings is 1. The first kappa shape index (κ1) is 39.2. The Labute approximate surface area is 291 Å². The predicted molar refractivity (Wildman–Crippen MR) is 196 cm³/mol. The molecule has 7 nitrogen and oxygen atoms in total. The number of amides is 3. The van der Waals surface area contributed by atoms with Crippen LogP contribution in [-0.2, 0) is 10.2 Å². The van der Waals surface area contributed by atoms with Crippen molar-refractivity contribution < 1.29 is 9.59 Å². The monoisotopic (exact) mass is 677 g/mol. The van der Waals surface area contributed by atoms with Crippen molar-refractivity contribution in [1.82, 2.24) is 14.7 Å². The van der Waals surface area contributed by atoms with Gasteiger partial charge >= 0.3 is 6.03 Å². The molecule has 47 heavy (non-hydrogen) atoms. The average molecular weight is 679 g/mol. The second-order valence-corrected chi connectivity index (χ2v) is 13.3. The van der Waals surface area contributed by atoms with E-state index in [0.29, 0.717) is 66.8 Å². The quantitative estimate of drug-likeness (QED) is 0.178. The van der Waals surface area contributed by atoms with Gasteiger partial charge in [-0.3, -0.25) is 4.79 Å². The van der Waals surface area contributed by atoms with E-state index in [9.17, 15) is 14.9 Å². The highest BCUT2D eigenvalue weighted by Gasteiger charge is 2.46. The molecule has 0 radical (unpaired) electrons. The van der Waals surface area contributed by atoms with Gasteiger partial charge in [0, 0.05) is 66.9 Å². The number of carbonyl (C=O) groups excluding carboxylic acids is 2. The van der Waals surface area contributed by atoms with Crippen molar-refractivity contribution in [1.29, 1.82) is 5.26 Å². The van der Waals surface area contributed by atoms with Gasteiger partial charge in [0.2, 0.25) is 5.91 Å². The number of hydrogen-bond donors (Lipinski definition) is 1. The summed E-state index contributed by atoms with van der Waals surface area (Å²) in [6.07, 6.45) is 11.0. The van der Waals surface area contributed by atoms with Crippen molar-refractivity contribution >= 4 is 35.1 Å². The molecule has 0 saturated carbocycles. The molecular formula is C38H49Cl2N5O2. The zero-order valence-corrected chi connectivity index (χ0v) is 29.6. The minimum atomic E-state index is -0.694. The van der Waals surface area contributed by atoms with Crippen LogP contribution in [0.4, 0.5) is 4.79 Å². The lowest BCUT2D eigenvalue weighted by molar-refractivity contribution is -0.136. The Morgan fingerprint density at radius 1 is 1.04 bits per heavy atom. The molecular weight excluding hydrogens is 629 g/mol. The Morgan fingerprint density at radius 2 is 1.66 bits per heavy atom. The number of hydrogen-bond acceptors (Lipinski definition) is 4. The Bertz CT molecular complexity index is 1440. The molecule has 2 aliphatic rings. The van der Waals surface area contributed by atoms with E-state index in [1.54, 1.807) is 28.9 Å². The van der Waals surface area contributed by atoms with Crippen LogP contribution in [-0.4, -0.2) is 65.9 Å². The molecule has 3 amide bonds. The Balaban J connectivity index is 0.00000376. The highest BCUT2D eigenvalue weighted by atomic mass is 35.5. The van der Waals surface area contributed by atoms with E-state index in [4.69, 9.17) is 28.9 Å². The molecule has 252 valence electrons. The molecule has 0 spiro atoms. The summed E-state index contributed by atoms with van der Waals surface area (Å²) in [5.74, 6) is -0.0244. The number of nitrogens with zero attached hydrogens (tertiary/aromatic N) is 4. The molecule has 2 saturated heterocycles. The second kappa shape index (κ2) is 18.4. The second-order valence-electron chi connectivity index (χ2n) is 12.3. The highest BCUT2D eigenvalue weighted by molar-refractivity contribution is 6.31. The third-order valence-electron chi connectivity index (χ3n) is 8.62. The van der Waals surface area contributed by atoms with Gasteiger partial charge in [0.15, 0.2) is 0 Å². The number of likely N-dealkylation sites (tertiary alicyclic amines) is 1. The molecule has 1 unspecified atom stereocenters. The van der Waals surface area contributed by atoms with Crippen LogP contribution in [0.3, 0.4) is 0 Å². The van der Waals surface area contributed by atoms with Crippen LogP contribution in [0.1, 0.15) is 52.0 Å². The van der Waals surface area contributed by atoms with E-state index in [1.807, 2.05) is 67.3 Å². The topological polar surface area (TPSA) is 93.7 Å². The van der Waals surface area contributed by atoms with Crippen LogP contribution in [0.15, 0.2) is 114 Å². The summed E-state index contributed by atoms with van der Waals surface area (Å²) < 4.78 is 0. The molecule has 2 fully saturated rings. The maximum absolute atomic E-state index is 14.0. The van der Waals surface area contributed by atoms with Gasteiger partial charge in [-0.15, -0.1) is 13.2 Å². The Kier molecular flexibility index (Phi) is 15.3. The van der Waals surface area contributed by atoms with Crippen molar-refractivity contribution in [2.24, 2.45) is 11.1 Å². The molecule has 3 rings (SSSR count). The smallest absolute Gasteiger partial charge is 0.320 e. The van der Waals surface area contributed by atoms with Gasteiger partial charge in [0.25, 0.3) is 0 Å². The van der Waals surface area contributed by atoms with Crippen molar-refractivity contribution in [3.63, 3.8) is 0 Å². The Morgan fingerprint density at radius 3 is 2.19 bits per heavy atom. The lowest BCUT2D eigenvalue weighted by atomic mass is 9.73. The number of rotatable bonds is 12. The molecule has 1 aromatic rings. The summed E-state index contributed by atoms with van der Waals surface area (Å²) in [6, 6.07) is 12.2. The number of carbonyl (C=O) groups is 2. The molecule has 2 heterocycles. The first-order chi connectivity index (χ1) is 22.3. The van der Waals surface area contributed by atoms with Crippen molar-refractivity contribution in [2.75, 3.05) is 39.3 Å². The van der Waals surface area contributed by atoms with Crippen LogP contribution in [0.2, 0.25) is 0 Å². The molecule has 9 heteroatoms. The minimum Gasteiger partial charge on any atom is -0.402 e. The zero-order valence-electron chi connectivity index (χ0n) is 28.1. The standard InChI is InChI=1S/C36H45Cl2N5O2.C2H4/c1-6-27(2)11-10-18-42-25-35(21-29(4)40,26-43(34(42)45)23-31(30(5)38)15-14-28(3)37)22-33(44)41-19-16-36(24-39,17-20-41)32-12-8-7-9-13-32;1-2/h6-15H,4-5,16-23,25-26,40H2,1-3H3;1-2H2/b11-10-,27-6-,28-14+,31-15-;. The number of nitrogens with two attached hydrogens (primary N) is 1. The highest BCUT2D eigenvalue weighted by Crippen LogP contribution is 2.39. The van der Waals surface area contributed by atoms with Gasteiger partial charge in [-0.05, 0) is 57.2 Å². The average Bonchev–Trinajstić information content (AvgIpc) is 3.05. The predicted octanol–water partition coefficient (Wildman–Crippen LogP) is 8.19. The van der Waals surface area contributed by atoms with Gasteiger partial charge in [0.05, 0.1) is 11.5 Å². The van der Waals surface area contributed by atoms with E-state index in [0.717, 1.165) is 11.1 Å². The Hall–Kier alpha value is -3.99. The molecule has 0 aromatic heterocycles. The summed E-state index contributed by atoms with van der Waals surface area (Å²) in [6.45, 7) is 21.7. The third kappa shape index (κ3) is 11.1. The van der Waals surface area contributed by atoms with Gasteiger partial charge in [0.1, 0.15) is 0 Å². The van der Waals surface area contributed by atoms with Crippen LogP contribution >= 0.6 is 23.2 Å². The number of allylic oxidation sites excluding steroid dienone is 7. The van der Waals surface area contributed by atoms with E-state index in [2.05, 4.69) is 32.4 Å².